The van der Waals surface area contributed by atoms with Gasteiger partial charge in [-0.05, 0) is 12.1 Å². The molecule has 0 unspecified atom stereocenters. The lowest BCUT2D eigenvalue weighted by Crippen LogP contribution is -2.22. The first-order chi connectivity index (χ1) is 8.22. The Morgan fingerprint density at radius 2 is 1.95 bits per heavy atom. The maximum atomic E-state index is 12.0. The van der Waals surface area contributed by atoms with Crippen molar-refractivity contribution >= 4 is 28.1 Å². The molecule has 0 saturated heterocycles. The second-order valence-corrected chi connectivity index (χ2v) is 5.13. The van der Waals surface area contributed by atoms with Crippen LogP contribution in [0.1, 0.15) is 0 Å². The molecule has 0 aliphatic heterocycles. The third-order valence-corrected chi connectivity index (χ3v) is 3.05. The number of nitrogens with one attached hydrogen (secondary N) is 1. The van der Waals surface area contributed by atoms with Crippen LogP contribution in [0.25, 0.3) is 0 Å². The van der Waals surface area contributed by atoms with Crippen molar-refractivity contribution in [1.29, 1.82) is 0 Å². The summed E-state index contributed by atoms with van der Waals surface area (Å²) < 4.78 is 64.3. The molecule has 1 rings (SSSR count). The van der Waals surface area contributed by atoms with E-state index in [0.29, 0.717) is 0 Å². The van der Waals surface area contributed by atoms with Crippen LogP contribution >= 0.6 is 12.4 Å². The summed E-state index contributed by atoms with van der Waals surface area (Å²) in [6.45, 7) is -0.0892. The second-order valence-electron chi connectivity index (χ2n) is 3.29. The average Bonchev–Trinajstić information content (AvgIpc) is 2.13. The molecule has 0 fully saturated rings. The number of halogens is 4. The lowest BCUT2D eigenvalue weighted by molar-refractivity contribution is -0.274. The summed E-state index contributed by atoms with van der Waals surface area (Å²) in [5.74, 6) is -0.826. The highest BCUT2D eigenvalue weighted by Gasteiger charge is 2.31. The van der Waals surface area contributed by atoms with E-state index in [1.54, 1.807) is 0 Å². The van der Waals surface area contributed by atoms with Crippen LogP contribution in [-0.2, 0) is 10.0 Å². The molecule has 0 atom stereocenters. The highest BCUT2D eigenvalue weighted by molar-refractivity contribution is 7.92. The van der Waals surface area contributed by atoms with Crippen LogP contribution in [0.15, 0.2) is 24.3 Å². The third-order valence-electron chi connectivity index (χ3n) is 1.73. The van der Waals surface area contributed by atoms with Crippen molar-refractivity contribution in [2.45, 2.75) is 6.36 Å². The highest BCUT2D eigenvalue weighted by Crippen LogP contribution is 2.25. The van der Waals surface area contributed by atoms with E-state index < -0.39 is 22.1 Å². The minimum absolute atomic E-state index is 0. The van der Waals surface area contributed by atoms with Crippen molar-refractivity contribution in [2.75, 3.05) is 17.0 Å². The molecule has 0 amide bonds. The van der Waals surface area contributed by atoms with Gasteiger partial charge in [0.05, 0.1) is 11.4 Å². The van der Waals surface area contributed by atoms with Gasteiger partial charge in [0.25, 0.3) is 0 Å². The molecule has 3 N–H and O–H groups in total. The Morgan fingerprint density at radius 3 is 2.47 bits per heavy atom. The van der Waals surface area contributed by atoms with Crippen molar-refractivity contribution in [3.05, 3.63) is 24.3 Å². The lowest BCUT2D eigenvalue weighted by Gasteiger charge is -2.11. The van der Waals surface area contributed by atoms with Gasteiger partial charge in [0, 0.05) is 12.6 Å². The van der Waals surface area contributed by atoms with E-state index >= 15 is 0 Å². The van der Waals surface area contributed by atoms with Crippen LogP contribution in [0.3, 0.4) is 0 Å². The molecule has 1 aromatic rings. The predicted molar refractivity (Wildman–Crippen MR) is 66.8 cm³/mol. The van der Waals surface area contributed by atoms with Crippen LogP contribution in [-0.4, -0.2) is 27.1 Å². The number of anilines is 1. The number of ether oxygens (including phenoxy) is 1. The highest BCUT2D eigenvalue weighted by atomic mass is 35.5. The number of sulfonamides is 1. The number of nitrogens with two attached hydrogens (primary N) is 1. The van der Waals surface area contributed by atoms with Crippen molar-refractivity contribution in [2.24, 2.45) is 5.73 Å². The topological polar surface area (TPSA) is 81.4 Å². The molecule has 0 aliphatic carbocycles. The first-order valence-electron chi connectivity index (χ1n) is 4.78. The fraction of sp³-hybridized carbons (Fsp3) is 0.333. The van der Waals surface area contributed by atoms with Gasteiger partial charge in [0.15, 0.2) is 0 Å². The first-order valence-corrected chi connectivity index (χ1v) is 6.43. The predicted octanol–water partition coefficient (Wildman–Crippen LogP) is 1.71. The molecule has 19 heavy (non-hydrogen) atoms. The van der Waals surface area contributed by atoms with Gasteiger partial charge in [0.1, 0.15) is 5.75 Å². The average molecular weight is 321 g/mol. The van der Waals surface area contributed by atoms with Crippen molar-refractivity contribution in [3.8, 4) is 5.75 Å². The zero-order valence-corrected chi connectivity index (χ0v) is 11.1. The minimum Gasteiger partial charge on any atom is -0.406 e. The molecule has 0 spiro atoms. The zero-order chi connectivity index (χ0) is 13.8. The first kappa shape index (κ1) is 17.8. The molecular weight excluding hydrogens is 309 g/mol. The van der Waals surface area contributed by atoms with Gasteiger partial charge >= 0.3 is 6.36 Å². The molecule has 10 heteroatoms. The van der Waals surface area contributed by atoms with E-state index in [2.05, 4.69) is 9.46 Å². The molecule has 0 aromatic heterocycles. The second kappa shape index (κ2) is 6.83. The van der Waals surface area contributed by atoms with E-state index in [0.717, 1.165) is 12.1 Å². The smallest absolute Gasteiger partial charge is 0.406 e. The molecule has 0 bridgehead atoms. The quantitative estimate of drug-likeness (QED) is 0.865. The summed E-state index contributed by atoms with van der Waals surface area (Å²) in [5, 5.41) is 0. The minimum atomic E-state index is -4.82. The number of hydrogen-bond acceptors (Lipinski definition) is 4. The maximum Gasteiger partial charge on any atom is 0.573 e. The summed E-state index contributed by atoms with van der Waals surface area (Å²) in [7, 11) is -3.66. The molecule has 0 radical (unpaired) electrons. The summed E-state index contributed by atoms with van der Waals surface area (Å²) in [4.78, 5) is 0. The summed E-state index contributed by atoms with van der Waals surface area (Å²) in [6, 6.07) is 4.54. The van der Waals surface area contributed by atoms with Crippen LogP contribution in [0.5, 0.6) is 5.75 Å². The van der Waals surface area contributed by atoms with Gasteiger partial charge in [-0.1, -0.05) is 6.07 Å². The normalized spacial score (nSPS) is 11.6. The summed E-state index contributed by atoms with van der Waals surface area (Å²) in [6.07, 6.45) is -4.82. The Kier molecular flexibility index (Phi) is 6.40. The van der Waals surface area contributed by atoms with Gasteiger partial charge in [-0.3, -0.25) is 4.72 Å². The Labute approximate surface area is 114 Å². The Balaban J connectivity index is 0.00000324. The van der Waals surface area contributed by atoms with Gasteiger partial charge in [-0.2, -0.15) is 0 Å². The fourth-order valence-electron chi connectivity index (χ4n) is 1.14. The molecule has 1 aromatic carbocycles. The largest absolute Gasteiger partial charge is 0.573 e. The van der Waals surface area contributed by atoms with E-state index in [9.17, 15) is 21.6 Å². The van der Waals surface area contributed by atoms with Crippen LogP contribution in [0.4, 0.5) is 18.9 Å². The summed E-state index contributed by atoms with van der Waals surface area (Å²) >= 11 is 0. The molecular formula is C9H12ClF3N2O3S. The van der Waals surface area contributed by atoms with Crippen LogP contribution in [0, 0.1) is 0 Å². The molecule has 110 valence electrons. The van der Waals surface area contributed by atoms with Crippen molar-refractivity contribution in [1.82, 2.24) is 0 Å². The molecule has 0 heterocycles. The van der Waals surface area contributed by atoms with Gasteiger partial charge < -0.3 is 10.5 Å². The molecule has 5 nitrogen and oxygen atoms in total. The summed E-state index contributed by atoms with van der Waals surface area (Å²) in [5.41, 5.74) is 5.07. The van der Waals surface area contributed by atoms with Gasteiger partial charge in [0.2, 0.25) is 10.0 Å². The van der Waals surface area contributed by atoms with Crippen molar-refractivity contribution < 1.29 is 26.3 Å². The number of alkyl halides is 3. The van der Waals surface area contributed by atoms with Gasteiger partial charge in [-0.25, -0.2) is 8.42 Å². The standard InChI is InChI=1S/C9H11F3N2O3S.ClH/c10-9(11,12)17-8-3-1-2-7(6-8)14-18(15,16)5-4-13;/h1-3,6,14H,4-5,13H2;1H. The zero-order valence-electron chi connectivity index (χ0n) is 9.48. The van der Waals surface area contributed by atoms with Gasteiger partial charge in [-0.15, -0.1) is 25.6 Å². The third kappa shape index (κ3) is 7.09. The Morgan fingerprint density at radius 1 is 1.32 bits per heavy atom. The SMILES string of the molecule is Cl.NCCS(=O)(=O)Nc1cccc(OC(F)(F)F)c1. The van der Waals surface area contributed by atoms with E-state index in [1.165, 1.54) is 12.1 Å². The number of hydrogen-bond donors (Lipinski definition) is 2. The number of rotatable bonds is 5. The number of benzene rings is 1. The van der Waals surface area contributed by atoms with E-state index in [-0.39, 0.29) is 30.4 Å². The van der Waals surface area contributed by atoms with Crippen molar-refractivity contribution in [3.63, 3.8) is 0 Å². The Bertz CT molecular complexity index is 508. The van der Waals surface area contributed by atoms with Crippen LogP contribution < -0.4 is 15.2 Å². The lowest BCUT2D eigenvalue weighted by atomic mass is 10.3. The van der Waals surface area contributed by atoms with E-state index in [4.69, 9.17) is 5.73 Å². The Hall–Kier alpha value is -1.19. The monoisotopic (exact) mass is 320 g/mol. The van der Waals surface area contributed by atoms with Crippen LogP contribution in [0.2, 0.25) is 0 Å². The van der Waals surface area contributed by atoms with E-state index in [1.807, 2.05) is 0 Å². The molecule has 0 saturated carbocycles. The maximum absolute atomic E-state index is 12.0. The fourth-order valence-corrected chi connectivity index (χ4v) is 2.04. The molecule has 0 aliphatic rings.